The van der Waals surface area contributed by atoms with Crippen LogP contribution < -0.4 is 5.32 Å². The standard InChI is InChI=1S/C15H19F3N2O/c1-10(11-7-8-11)20(2)9-14(21)19-13-6-4-3-5-12(13)15(16,17)18/h3-6,10-11H,7-9H2,1-2H3,(H,19,21). The molecule has 0 heterocycles. The summed E-state index contributed by atoms with van der Waals surface area (Å²) in [5, 5.41) is 2.36. The Hall–Kier alpha value is -1.56. The average molecular weight is 300 g/mol. The van der Waals surface area contributed by atoms with Crippen molar-refractivity contribution >= 4 is 11.6 Å². The van der Waals surface area contributed by atoms with E-state index in [9.17, 15) is 18.0 Å². The van der Waals surface area contributed by atoms with Gasteiger partial charge in [0, 0.05) is 6.04 Å². The normalized spacial score (nSPS) is 16.9. The van der Waals surface area contributed by atoms with Crippen LogP contribution in [-0.2, 0) is 11.0 Å². The smallest absolute Gasteiger partial charge is 0.324 e. The highest BCUT2D eigenvalue weighted by molar-refractivity contribution is 5.93. The van der Waals surface area contributed by atoms with Crippen LogP contribution in [0.1, 0.15) is 25.3 Å². The van der Waals surface area contributed by atoms with E-state index in [2.05, 4.69) is 5.32 Å². The summed E-state index contributed by atoms with van der Waals surface area (Å²) in [7, 11) is 1.82. The summed E-state index contributed by atoms with van der Waals surface area (Å²) in [6, 6.07) is 5.28. The lowest BCUT2D eigenvalue weighted by molar-refractivity contribution is -0.137. The maximum absolute atomic E-state index is 12.8. The molecular formula is C15H19F3N2O. The molecule has 0 aromatic heterocycles. The molecule has 1 fully saturated rings. The minimum atomic E-state index is -4.48. The highest BCUT2D eigenvalue weighted by Gasteiger charge is 2.34. The van der Waals surface area contributed by atoms with Gasteiger partial charge in [0.05, 0.1) is 17.8 Å². The largest absolute Gasteiger partial charge is 0.418 e. The first-order chi connectivity index (χ1) is 9.79. The molecule has 0 spiro atoms. The number of hydrogen-bond acceptors (Lipinski definition) is 2. The van der Waals surface area contributed by atoms with Crippen molar-refractivity contribution in [2.45, 2.75) is 32.0 Å². The van der Waals surface area contributed by atoms with Gasteiger partial charge in [-0.05, 0) is 44.9 Å². The number of benzene rings is 1. The van der Waals surface area contributed by atoms with Crippen LogP contribution in [-0.4, -0.2) is 30.4 Å². The van der Waals surface area contributed by atoms with Gasteiger partial charge >= 0.3 is 6.18 Å². The van der Waals surface area contributed by atoms with Gasteiger partial charge in [-0.15, -0.1) is 0 Å². The number of nitrogens with zero attached hydrogens (tertiary/aromatic N) is 1. The predicted molar refractivity (Wildman–Crippen MR) is 74.9 cm³/mol. The molecule has 1 aliphatic rings. The lowest BCUT2D eigenvalue weighted by Crippen LogP contribution is -2.37. The topological polar surface area (TPSA) is 32.3 Å². The zero-order valence-electron chi connectivity index (χ0n) is 12.1. The fourth-order valence-corrected chi connectivity index (χ4v) is 2.34. The molecule has 0 radical (unpaired) electrons. The molecule has 116 valence electrons. The van der Waals surface area contributed by atoms with E-state index in [1.54, 1.807) is 0 Å². The van der Waals surface area contributed by atoms with Crippen molar-refractivity contribution in [3.8, 4) is 0 Å². The minimum Gasteiger partial charge on any atom is -0.324 e. The number of nitrogens with one attached hydrogen (secondary N) is 1. The molecule has 1 atom stereocenters. The Morgan fingerprint density at radius 1 is 1.38 bits per heavy atom. The van der Waals surface area contributed by atoms with Crippen LogP contribution in [0.15, 0.2) is 24.3 Å². The minimum absolute atomic E-state index is 0.0872. The number of alkyl halides is 3. The van der Waals surface area contributed by atoms with Crippen molar-refractivity contribution in [3.05, 3.63) is 29.8 Å². The van der Waals surface area contributed by atoms with Crippen LogP contribution in [0.5, 0.6) is 0 Å². The van der Waals surface area contributed by atoms with Crippen molar-refractivity contribution in [3.63, 3.8) is 0 Å². The summed E-state index contributed by atoms with van der Waals surface area (Å²) in [4.78, 5) is 13.8. The number of carbonyl (C=O) groups excluding carboxylic acids is 1. The SMILES string of the molecule is CC(C1CC1)N(C)CC(=O)Nc1ccccc1C(F)(F)F. The van der Waals surface area contributed by atoms with Gasteiger partial charge in [-0.1, -0.05) is 12.1 Å². The first-order valence-corrected chi connectivity index (χ1v) is 6.95. The lowest BCUT2D eigenvalue weighted by Gasteiger charge is -2.24. The molecule has 6 heteroatoms. The van der Waals surface area contributed by atoms with E-state index in [1.165, 1.54) is 18.2 Å². The third-order valence-electron chi connectivity index (χ3n) is 3.90. The predicted octanol–water partition coefficient (Wildman–Crippen LogP) is 3.37. The quantitative estimate of drug-likeness (QED) is 0.904. The third kappa shape index (κ3) is 4.20. The Balaban J connectivity index is 1.99. The molecule has 0 bridgehead atoms. The summed E-state index contributed by atoms with van der Waals surface area (Å²) < 4.78 is 38.5. The first-order valence-electron chi connectivity index (χ1n) is 6.95. The highest BCUT2D eigenvalue weighted by atomic mass is 19.4. The molecule has 1 aliphatic carbocycles. The monoisotopic (exact) mass is 300 g/mol. The van der Waals surface area contributed by atoms with E-state index in [-0.39, 0.29) is 18.3 Å². The lowest BCUT2D eigenvalue weighted by atomic mass is 10.1. The summed E-state index contributed by atoms with van der Waals surface area (Å²) in [6.07, 6.45) is -2.16. The summed E-state index contributed by atoms with van der Waals surface area (Å²) in [6.45, 7) is 2.12. The Morgan fingerprint density at radius 3 is 2.57 bits per heavy atom. The Bertz CT molecular complexity index is 512. The Labute approximate surface area is 122 Å². The van der Waals surface area contributed by atoms with Gasteiger partial charge in [-0.3, -0.25) is 9.69 Å². The van der Waals surface area contributed by atoms with Crippen LogP contribution in [0.3, 0.4) is 0 Å². The van der Waals surface area contributed by atoms with E-state index in [1.807, 2.05) is 18.9 Å². The zero-order chi connectivity index (χ0) is 15.6. The van der Waals surface area contributed by atoms with Crippen LogP contribution in [0, 0.1) is 5.92 Å². The zero-order valence-corrected chi connectivity index (χ0v) is 12.1. The highest BCUT2D eigenvalue weighted by Crippen LogP contribution is 2.35. The molecule has 1 unspecified atom stereocenters. The molecule has 2 rings (SSSR count). The molecule has 1 aromatic carbocycles. The van der Waals surface area contributed by atoms with Crippen molar-refractivity contribution in [2.24, 2.45) is 5.92 Å². The average Bonchev–Trinajstić information content (AvgIpc) is 3.21. The van der Waals surface area contributed by atoms with Crippen molar-refractivity contribution in [2.75, 3.05) is 18.9 Å². The number of para-hydroxylation sites is 1. The number of amides is 1. The number of halogens is 3. The van der Waals surface area contributed by atoms with E-state index >= 15 is 0 Å². The Kier molecular flexibility index (Phi) is 4.56. The van der Waals surface area contributed by atoms with Gasteiger partial charge in [0.1, 0.15) is 0 Å². The molecule has 1 N–H and O–H groups in total. The summed E-state index contributed by atoms with van der Waals surface area (Å²) in [5.41, 5.74) is -1.02. The fourth-order valence-electron chi connectivity index (χ4n) is 2.34. The van der Waals surface area contributed by atoms with Crippen LogP contribution >= 0.6 is 0 Å². The van der Waals surface area contributed by atoms with Gasteiger partial charge in [-0.2, -0.15) is 13.2 Å². The number of likely N-dealkylation sites (N-methyl/N-ethyl adjacent to an activating group) is 1. The van der Waals surface area contributed by atoms with Gasteiger partial charge in [0.15, 0.2) is 0 Å². The van der Waals surface area contributed by atoms with E-state index in [0.717, 1.165) is 18.9 Å². The summed E-state index contributed by atoms with van der Waals surface area (Å²) in [5.74, 6) is 0.173. The van der Waals surface area contributed by atoms with Gasteiger partial charge in [0.25, 0.3) is 0 Å². The Morgan fingerprint density at radius 2 is 2.00 bits per heavy atom. The molecule has 1 aromatic rings. The van der Waals surface area contributed by atoms with Crippen molar-refractivity contribution in [1.29, 1.82) is 0 Å². The molecule has 0 aliphatic heterocycles. The number of carbonyl (C=O) groups is 1. The second-order valence-corrected chi connectivity index (χ2v) is 5.58. The number of anilines is 1. The molecule has 3 nitrogen and oxygen atoms in total. The molecule has 0 saturated heterocycles. The van der Waals surface area contributed by atoms with Gasteiger partial charge < -0.3 is 5.32 Å². The van der Waals surface area contributed by atoms with Crippen LogP contribution in [0.25, 0.3) is 0 Å². The van der Waals surface area contributed by atoms with Gasteiger partial charge in [-0.25, -0.2) is 0 Å². The third-order valence-corrected chi connectivity index (χ3v) is 3.90. The van der Waals surface area contributed by atoms with E-state index in [0.29, 0.717) is 5.92 Å². The number of rotatable bonds is 5. The second-order valence-electron chi connectivity index (χ2n) is 5.58. The molecule has 21 heavy (non-hydrogen) atoms. The number of hydrogen-bond donors (Lipinski definition) is 1. The maximum atomic E-state index is 12.8. The van der Waals surface area contributed by atoms with Crippen LogP contribution in [0.2, 0.25) is 0 Å². The maximum Gasteiger partial charge on any atom is 0.418 e. The molecule has 1 saturated carbocycles. The fraction of sp³-hybridized carbons (Fsp3) is 0.533. The van der Waals surface area contributed by atoms with E-state index < -0.39 is 17.6 Å². The van der Waals surface area contributed by atoms with Crippen molar-refractivity contribution < 1.29 is 18.0 Å². The van der Waals surface area contributed by atoms with E-state index in [4.69, 9.17) is 0 Å². The van der Waals surface area contributed by atoms with Crippen LogP contribution in [0.4, 0.5) is 18.9 Å². The first kappa shape index (κ1) is 15.8. The second kappa shape index (κ2) is 6.05. The van der Waals surface area contributed by atoms with Crippen molar-refractivity contribution in [1.82, 2.24) is 4.90 Å². The molecule has 1 amide bonds. The molecular weight excluding hydrogens is 281 g/mol. The summed E-state index contributed by atoms with van der Waals surface area (Å²) >= 11 is 0. The van der Waals surface area contributed by atoms with Gasteiger partial charge in [0.2, 0.25) is 5.91 Å².